The predicted molar refractivity (Wildman–Crippen MR) is 31.0 cm³/mol. The summed E-state index contributed by atoms with van der Waals surface area (Å²) in [5.74, 6) is 0. The molecule has 0 spiro atoms. The maximum absolute atomic E-state index is 2.28. The quantitative estimate of drug-likeness (QED) is 0.456. The van der Waals surface area contributed by atoms with Gasteiger partial charge in [-0.1, -0.05) is 8.41 Å². The Morgan fingerprint density at radius 3 is 1.83 bits per heavy atom. The first-order valence-corrected chi connectivity index (χ1v) is 3.81. The fraction of sp³-hybridized carbons (Fsp3) is 1.00. The number of hydrogen-bond donors (Lipinski definition) is 0. The molecule has 2 heteroatoms. The molecular weight excluding hydrogens is 124 g/mol. The van der Waals surface area contributed by atoms with Crippen molar-refractivity contribution in [1.29, 1.82) is 0 Å². The van der Waals surface area contributed by atoms with E-state index in [1.807, 2.05) is 0 Å². The molecule has 0 aromatic rings. The third-order valence-corrected chi connectivity index (χ3v) is 1.91. The van der Waals surface area contributed by atoms with Crippen molar-refractivity contribution < 1.29 is 18.3 Å². The number of rotatable bonds is 1. The molecule has 0 radical (unpaired) electrons. The van der Waals surface area contributed by atoms with E-state index in [4.69, 9.17) is 0 Å². The summed E-state index contributed by atoms with van der Waals surface area (Å²) in [6.45, 7) is 4.51. The van der Waals surface area contributed by atoms with Crippen LogP contribution < -0.4 is 0 Å². The van der Waals surface area contributed by atoms with Gasteiger partial charge in [0, 0.05) is 0 Å². The Hall–Kier alpha value is 0.688. The molecule has 0 N–H and O–H groups in total. The topological polar surface area (TPSA) is 0 Å². The van der Waals surface area contributed by atoms with Gasteiger partial charge in [0.25, 0.3) is 0 Å². The minimum absolute atomic E-state index is 0. The van der Waals surface area contributed by atoms with Crippen molar-refractivity contribution >= 4 is 8.41 Å². The van der Waals surface area contributed by atoms with E-state index in [0.29, 0.717) is 0 Å². The first-order valence-electron chi connectivity index (χ1n) is 2.10. The summed E-state index contributed by atoms with van der Waals surface area (Å²) in [7, 11) is 0. The van der Waals surface area contributed by atoms with Crippen LogP contribution in [0.25, 0.3) is 0 Å². The van der Waals surface area contributed by atoms with Gasteiger partial charge in [0.2, 0.25) is 0 Å². The van der Waals surface area contributed by atoms with Gasteiger partial charge >= 0.3 is 43.1 Å². The summed E-state index contributed by atoms with van der Waals surface area (Å²) in [5, 5.41) is 0. The molecule has 6 heavy (non-hydrogen) atoms. The standard InChI is InChI=1S/C4H9.BH4.Zn/c1-3-4-2;;/h3H,4H2,1-2H3;1H4;/q;-1;+1. The molecule has 0 aliphatic rings. The normalized spacial score (nSPS) is 12.7. The summed E-state index contributed by atoms with van der Waals surface area (Å²) >= 11 is 1.45. The molecule has 0 saturated carbocycles. The van der Waals surface area contributed by atoms with Gasteiger partial charge in [-0.05, 0) is 0 Å². The van der Waals surface area contributed by atoms with Crippen LogP contribution in [-0.4, -0.2) is 8.41 Å². The van der Waals surface area contributed by atoms with Crippen molar-refractivity contribution in [3.8, 4) is 0 Å². The zero-order chi connectivity index (χ0) is 4.28. The van der Waals surface area contributed by atoms with Crippen molar-refractivity contribution in [3.63, 3.8) is 0 Å². The van der Waals surface area contributed by atoms with Crippen molar-refractivity contribution in [2.75, 3.05) is 0 Å². The Bertz CT molecular complexity index is 21.5. The zero-order valence-corrected chi connectivity index (χ0v) is 6.96. The molecule has 0 saturated heterocycles. The van der Waals surface area contributed by atoms with E-state index in [9.17, 15) is 0 Å². The molecule has 0 fully saturated rings. The second kappa shape index (κ2) is 5.69. The average Bonchev–Trinajstić information content (AvgIpc) is 1.38. The Balaban J connectivity index is 0. The average molecular weight is 137 g/mol. The van der Waals surface area contributed by atoms with Crippen molar-refractivity contribution in [2.45, 2.75) is 24.8 Å². The molecule has 0 heterocycles. The molecule has 0 rings (SSSR count). The zero-order valence-electron chi connectivity index (χ0n) is 3.99. The second-order valence-corrected chi connectivity index (χ2v) is 4.44. The Labute approximate surface area is 52.0 Å². The van der Waals surface area contributed by atoms with Gasteiger partial charge < -0.3 is 0 Å². The van der Waals surface area contributed by atoms with Crippen LogP contribution in [0.1, 0.15) is 20.3 Å². The van der Waals surface area contributed by atoms with Gasteiger partial charge in [0.15, 0.2) is 0 Å². The minimum atomic E-state index is 0. The molecule has 0 aromatic carbocycles. The van der Waals surface area contributed by atoms with Crippen molar-refractivity contribution in [3.05, 3.63) is 0 Å². The smallest absolute Gasteiger partial charge is 0.0626 e. The van der Waals surface area contributed by atoms with Crippen LogP contribution in [0.2, 0.25) is 4.51 Å². The largest absolute Gasteiger partial charge is 0.0626 e. The molecule has 0 aliphatic heterocycles. The first kappa shape index (κ1) is 9.85. The van der Waals surface area contributed by atoms with E-state index < -0.39 is 0 Å². The van der Waals surface area contributed by atoms with Crippen LogP contribution in [0, 0.1) is 0 Å². The molecular formula is C4H13BZn. The summed E-state index contributed by atoms with van der Waals surface area (Å²) in [6, 6.07) is 0. The fourth-order valence-corrected chi connectivity index (χ4v) is 0. The van der Waals surface area contributed by atoms with Gasteiger partial charge in [-0.3, -0.25) is 0 Å². The SMILES string of the molecule is CC[CH](C)[Zn+].[BH4-]. The second-order valence-electron chi connectivity index (χ2n) is 1.51. The summed E-state index contributed by atoms with van der Waals surface area (Å²) in [4.78, 5) is 0. The summed E-state index contributed by atoms with van der Waals surface area (Å²) < 4.78 is 1.01. The van der Waals surface area contributed by atoms with Crippen molar-refractivity contribution in [1.82, 2.24) is 0 Å². The van der Waals surface area contributed by atoms with Gasteiger partial charge in [-0.2, -0.15) is 0 Å². The first-order chi connectivity index (χ1) is 2.27. The van der Waals surface area contributed by atoms with E-state index >= 15 is 0 Å². The molecule has 1 atom stereocenters. The Morgan fingerprint density at radius 1 is 1.67 bits per heavy atom. The molecule has 0 nitrogen and oxygen atoms in total. The summed E-state index contributed by atoms with van der Waals surface area (Å²) in [6.07, 6.45) is 1.36. The maximum Gasteiger partial charge on any atom is -0.0626 e. The Kier molecular flexibility index (Phi) is 9.33. The molecule has 0 aliphatic carbocycles. The van der Waals surface area contributed by atoms with Crippen LogP contribution in [0.4, 0.5) is 0 Å². The maximum atomic E-state index is 2.28. The van der Waals surface area contributed by atoms with E-state index in [1.54, 1.807) is 0 Å². The van der Waals surface area contributed by atoms with Gasteiger partial charge in [0.1, 0.15) is 0 Å². The molecule has 34 valence electrons. The van der Waals surface area contributed by atoms with E-state index in [0.717, 1.165) is 4.51 Å². The van der Waals surface area contributed by atoms with E-state index in [1.165, 1.54) is 24.7 Å². The van der Waals surface area contributed by atoms with Crippen LogP contribution in [0.5, 0.6) is 0 Å². The van der Waals surface area contributed by atoms with Crippen LogP contribution in [-0.2, 0) is 18.3 Å². The predicted octanol–water partition coefficient (Wildman–Crippen LogP) is 0.300. The summed E-state index contributed by atoms with van der Waals surface area (Å²) in [5.41, 5.74) is 0. The van der Waals surface area contributed by atoms with Crippen LogP contribution in [0.3, 0.4) is 0 Å². The Morgan fingerprint density at radius 2 is 1.83 bits per heavy atom. The monoisotopic (exact) mass is 136 g/mol. The molecule has 0 bridgehead atoms. The van der Waals surface area contributed by atoms with E-state index in [-0.39, 0.29) is 8.41 Å². The number of hydrogen-bond acceptors (Lipinski definition) is 0. The molecule has 1 unspecified atom stereocenters. The van der Waals surface area contributed by atoms with Crippen molar-refractivity contribution in [2.24, 2.45) is 0 Å². The van der Waals surface area contributed by atoms with Crippen LogP contribution >= 0.6 is 0 Å². The van der Waals surface area contributed by atoms with Gasteiger partial charge in [0.05, 0.1) is 0 Å². The minimum Gasteiger partial charge on any atom is -0.0626 e. The van der Waals surface area contributed by atoms with Gasteiger partial charge in [-0.15, -0.1) is 0 Å². The van der Waals surface area contributed by atoms with Crippen LogP contribution in [0.15, 0.2) is 0 Å². The molecule has 0 aromatic heterocycles. The fourth-order valence-electron chi connectivity index (χ4n) is 0. The molecule has 0 amide bonds. The third-order valence-electron chi connectivity index (χ3n) is 0.697. The van der Waals surface area contributed by atoms with Gasteiger partial charge in [-0.25, -0.2) is 0 Å². The van der Waals surface area contributed by atoms with E-state index in [2.05, 4.69) is 13.8 Å². The third kappa shape index (κ3) is 8.82.